The van der Waals surface area contributed by atoms with Crippen molar-refractivity contribution < 1.29 is 5.11 Å². The fourth-order valence-corrected chi connectivity index (χ4v) is 2.69. The summed E-state index contributed by atoms with van der Waals surface area (Å²) < 4.78 is 0. The molecule has 0 spiro atoms. The number of aliphatic hydroxyl groups excluding tert-OH is 1. The molecule has 0 aliphatic carbocycles. The van der Waals surface area contributed by atoms with Crippen LogP contribution in [-0.2, 0) is 0 Å². The maximum absolute atomic E-state index is 9.65. The highest BCUT2D eigenvalue weighted by molar-refractivity contribution is 7.80. The molecule has 2 atom stereocenters. The molecule has 0 radical (unpaired) electrons. The topological polar surface area (TPSA) is 35.8 Å². The van der Waals surface area contributed by atoms with Gasteiger partial charge in [0.15, 0.2) is 0 Å². The van der Waals surface area contributed by atoms with Crippen LogP contribution in [0.25, 0.3) is 0 Å². The molecule has 2 aliphatic rings. The van der Waals surface area contributed by atoms with Crippen LogP contribution < -0.4 is 0 Å². The largest absolute Gasteiger partial charge is 0.391 e. The predicted octanol–water partition coefficient (Wildman–Crippen LogP) is 1.51. The third-order valence-electron chi connectivity index (χ3n) is 3.10. The molecular weight excluding hydrogens is 220 g/mol. The Hall–Kier alpha value is -1.26. The Bertz CT molecular complexity index is 472. The molecule has 2 aliphatic heterocycles. The number of hydrogen-bond acceptors (Lipinski definition) is 3. The lowest BCUT2D eigenvalue weighted by Crippen LogP contribution is -2.35. The second-order valence-corrected chi connectivity index (χ2v) is 4.60. The first-order valence-corrected chi connectivity index (χ1v) is 5.79. The van der Waals surface area contributed by atoms with Crippen molar-refractivity contribution in [3.63, 3.8) is 0 Å². The minimum Gasteiger partial charge on any atom is -0.391 e. The summed E-state index contributed by atoms with van der Waals surface area (Å²) in [5.74, 6) is 0. The Kier molecular flexibility index (Phi) is 2.26. The van der Waals surface area contributed by atoms with Crippen molar-refractivity contribution in [3.05, 3.63) is 29.8 Å². The molecular formula is C12H12N2OS. The molecule has 3 nitrogen and oxygen atoms in total. The van der Waals surface area contributed by atoms with Crippen molar-refractivity contribution >= 4 is 29.1 Å². The van der Waals surface area contributed by atoms with Gasteiger partial charge in [-0.05, 0) is 12.1 Å². The first kappa shape index (κ1) is 9.93. The number of fused-ring (bicyclic) bond motifs is 2. The van der Waals surface area contributed by atoms with E-state index in [0.717, 1.165) is 22.7 Å². The van der Waals surface area contributed by atoms with Gasteiger partial charge >= 0.3 is 0 Å². The molecule has 82 valence electrons. The van der Waals surface area contributed by atoms with Crippen molar-refractivity contribution in [2.45, 2.75) is 18.6 Å². The average Bonchev–Trinajstić information content (AvgIpc) is 2.62. The van der Waals surface area contributed by atoms with E-state index in [-0.39, 0.29) is 12.1 Å². The van der Waals surface area contributed by atoms with Crippen LogP contribution in [0.4, 0.5) is 5.69 Å². The molecule has 1 N–H and O–H groups in total. The molecule has 3 rings (SSSR count). The minimum absolute atomic E-state index is 0.148. The van der Waals surface area contributed by atoms with E-state index in [4.69, 9.17) is 12.2 Å². The van der Waals surface area contributed by atoms with E-state index >= 15 is 0 Å². The van der Waals surface area contributed by atoms with Crippen LogP contribution in [-0.4, -0.2) is 39.9 Å². The molecule has 0 saturated carbocycles. The zero-order chi connectivity index (χ0) is 11.1. The average molecular weight is 232 g/mol. The van der Waals surface area contributed by atoms with Crippen LogP contribution in [0, 0.1) is 0 Å². The van der Waals surface area contributed by atoms with Crippen molar-refractivity contribution in [3.8, 4) is 0 Å². The Morgan fingerprint density at radius 1 is 1.38 bits per heavy atom. The molecule has 1 fully saturated rings. The fourth-order valence-electron chi connectivity index (χ4n) is 2.31. The minimum atomic E-state index is -0.292. The summed E-state index contributed by atoms with van der Waals surface area (Å²) in [5.41, 5.74) is 1.92. The third-order valence-corrected chi connectivity index (χ3v) is 3.56. The summed E-state index contributed by atoms with van der Waals surface area (Å²) in [4.78, 5) is 7.31. The van der Waals surface area contributed by atoms with Crippen molar-refractivity contribution in [1.82, 2.24) is 4.90 Å². The van der Waals surface area contributed by atoms with Crippen molar-refractivity contribution in [2.24, 2.45) is 4.99 Å². The second kappa shape index (κ2) is 3.64. The van der Waals surface area contributed by atoms with Gasteiger partial charge in [0, 0.05) is 24.7 Å². The van der Waals surface area contributed by atoms with Crippen molar-refractivity contribution in [2.75, 3.05) is 6.54 Å². The van der Waals surface area contributed by atoms with Gasteiger partial charge in [-0.2, -0.15) is 0 Å². The lowest BCUT2D eigenvalue weighted by atomic mass is 10.1. The van der Waals surface area contributed by atoms with Crippen LogP contribution in [0.2, 0.25) is 0 Å². The van der Waals surface area contributed by atoms with Gasteiger partial charge in [0.05, 0.1) is 17.8 Å². The molecule has 4 heteroatoms. The van der Waals surface area contributed by atoms with Gasteiger partial charge in [0.25, 0.3) is 0 Å². The summed E-state index contributed by atoms with van der Waals surface area (Å²) in [6.07, 6.45) is 2.33. The zero-order valence-electron chi connectivity index (χ0n) is 8.71. The zero-order valence-corrected chi connectivity index (χ0v) is 9.52. The number of thiocarbonyl (C=S) groups is 1. The number of benzene rings is 1. The van der Waals surface area contributed by atoms with Crippen LogP contribution in [0.3, 0.4) is 0 Å². The van der Waals surface area contributed by atoms with Crippen LogP contribution >= 0.6 is 12.2 Å². The first-order valence-electron chi connectivity index (χ1n) is 5.38. The standard InChI is InChI=1S/C12H12N2OS/c15-9-5-8-6-13-11-4-2-1-3-10(11)12(16)14(8)7-9/h1-4,6,8-9,15H,5,7H2/t8-,9-/m0/s1. The Morgan fingerprint density at radius 3 is 3.06 bits per heavy atom. The maximum Gasteiger partial charge on any atom is 0.112 e. The number of hydrogen-bond donors (Lipinski definition) is 1. The van der Waals surface area contributed by atoms with Gasteiger partial charge in [-0.15, -0.1) is 0 Å². The summed E-state index contributed by atoms with van der Waals surface area (Å²) in [5, 5.41) is 9.65. The highest BCUT2D eigenvalue weighted by atomic mass is 32.1. The van der Waals surface area contributed by atoms with Crippen molar-refractivity contribution in [1.29, 1.82) is 0 Å². The van der Waals surface area contributed by atoms with E-state index in [9.17, 15) is 5.11 Å². The quantitative estimate of drug-likeness (QED) is 0.689. The van der Waals surface area contributed by atoms with E-state index in [1.54, 1.807) is 0 Å². The number of nitrogens with zero attached hydrogens (tertiary/aromatic N) is 2. The Labute approximate surface area is 99.4 Å². The van der Waals surface area contributed by atoms with Crippen LogP contribution in [0.5, 0.6) is 0 Å². The Balaban J connectivity index is 2.07. The van der Waals surface area contributed by atoms with Gasteiger partial charge in [0.1, 0.15) is 4.99 Å². The van der Waals surface area contributed by atoms with Gasteiger partial charge in [0.2, 0.25) is 0 Å². The SMILES string of the molecule is O[C@H]1C[C@H]2C=Nc3ccccc3C(=S)N2C1. The molecule has 0 bridgehead atoms. The number of aliphatic imine (C=N–C) groups is 1. The molecule has 0 unspecified atom stereocenters. The van der Waals surface area contributed by atoms with Crippen LogP contribution in [0.15, 0.2) is 29.3 Å². The van der Waals surface area contributed by atoms with E-state index in [2.05, 4.69) is 9.89 Å². The van der Waals surface area contributed by atoms with Gasteiger partial charge in [-0.25, -0.2) is 0 Å². The molecule has 1 saturated heterocycles. The first-order chi connectivity index (χ1) is 7.75. The highest BCUT2D eigenvalue weighted by Crippen LogP contribution is 2.28. The molecule has 2 heterocycles. The smallest absolute Gasteiger partial charge is 0.112 e. The predicted molar refractivity (Wildman–Crippen MR) is 67.4 cm³/mol. The fraction of sp³-hybridized carbons (Fsp3) is 0.333. The number of rotatable bonds is 0. The third kappa shape index (κ3) is 1.45. The number of para-hydroxylation sites is 1. The lowest BCUT2D eigenvalue weighted by Gasteiger charge is -2.22. The summed E-state index contributed by atoms with van der Waals surface area (Å²) >= 11 is 5.47. The maximum atomic E-state index is 9.65. The normalized spacial score (nSPS) is 27.6. The van der Waals surface area contributed by atoms with E-state index < -0.39 is 0 Å². The molecule has 0 aromatic heterocycles. The second-order valence-electron chi connectivity index (χ2n) is 4.21. The molecule has 1 aromatic rings. The monoisotopic (exact) mass is 232 g/mol. The highest BCUT2D eigenvalue weighted by Gasteiger charge is 2.33. The molecule has 0 amide bonds. The summed E-state index contributed by atoms with van der Waals surface area (Å²) in [6, 6.07) is 8.03. The van der Waals surface area contributed by atoms with Gasteiger partial charge in [-0.1, -0.05) is 24.4 Å². The lowest BCUT2D eigenvalue weighted by molar-refractivity contribution is 0.188. The molecule has 1 aromatic carbocycles. The summed E-state index contributed by atoms with van der Waals surface area (Å²) in [6.45, 7) is 0.615. The number of aliphatic hydroxyl groups is 1. The van der Waals surface area contributed by atoms with E-state index in [0.29, 0.717) is 6.54 Å². The van der Waals surface area contributed by atoms with Crippen LogP contribution in [0.1, 0.15) is 12.0 Å². The summed E-state index contributed by atoms with van der Waals surface area (Å²) in [7, 11) is 0. The van der Waals surface area contributed by atoms with Gasteiger partial charge < -0.3 is 10.0 Å². The molecule has 16 heavy (non-hydrogen) atoms. The van der Waals surface area contributed by atoms with E-state index in [1.165, 1.54) is 0 Å². The van der Waals surface area contributed by atoms with Gasteiger partial charge in [-0.3, -0.25) is 4.99 Å². The Morgan fingerprint density at radius 2 is 2.19 bits per heavy atom. The van der Waals surface area contributed by atoms with E-state index in [1.807, 2.05) is 30.5 Å².